The first-order chi connectivity index (χ1) is 11.9. The molecule has 12 nitrogen and oxygen atoms in total. The van der Waals surface area contributed by atoms with Crippen LogP contribution in [0.15, 0.2) is 12.7 Å². The number of hydrogen-bond donors (Lipinski definition) is 4. The molecule has 3 rings (SSSR count). The molecule has 1 aliphatic heterocycles. The zero-order chi connectivity index (χ0) is 18.1. The van der Waals surface area contributed by atoms with Crippen molar-refractivity contribution in [2.45, 2.75) is 24.5 Å². The summed E-state index contributed by atoms with van der Waals surface area (Å²) >= 11 is 0. The van der Waals surface area contributed by atoms with Crippen molar-refractivity contribution in [2.24, 2.45) is 0 Å². The molecule has 0 bridgehead atoms. The van der Waals surface area contributed by atoms with Gasteiger partial charge in [0.1, 0.15) is 30.6 Å². The maximum absolute atomic E-state index is 12.1. The van der Waals surface area contributed by atoms with Crippen LogP contribution in [0.5, 0.6) is 0 Å². The van der Waals surface area contributed by atoms with Crippen molar-refractivity contribution in [3.63, 3.8) is 0 Å². The molecule has 5 N–H and O–H groups in total. The number of carbonyl (C=O) groups is 2. The van der Waals surface area contributed by atoms with Crippen molar-refractivity contribution in [3.8, 4) is 0 Å². The number of nitrogens with zero attached hydrogens (tertiary/aromatic N) is 4. The second kappa shape index (κ2) is 6.58. The number of imidazole rings is 1. The van der Waals surface area contributed by atoms with Crippen LogP contribution in [0.25, 0.3) is 11.2 Å². The van der Waals surface area contributed by atoms with E-state index in [-0.39, 0.29) is 18.0 Å². The van der Waals surface area contributed by atoms with Crippen LogP contribution in [-0.2, 0) is 19.1 Å². The summed E-state index contributed by atoms with van der Waals surface area (Å²) in [5, 5.41) is 22.6. The fourth-order valence-corrected chi connectivity index (χ4v) is 2.49. The summed E-state index contributed by atoms with van der Waals surface area (Å²) in [5.41, 5.74) is 6.27. The van der Waals surface area contributed by atoms with Gasteiger partial charge in [-0.05, 0) is 0 Å². The molecule has 12 heteroatoms. The van der Waals surface area contributed by atoms with E-state index in [0.29, 0.717) is 5.52 Å². The van der Waals surface area contributed by atoms with Crippen molar-refractivity contribution in [1.82, 2.24) is 24.8 Å². The van der Waals surface area contributed by atoms with Crippen molar-refractivity contribution < 1.29 is 29.3 Å². The van der Waals surface area contributed by atoms with Crippen LogP contribution in [0.1, 0.15) is 6.23 Å². The van der Waals surface area contributed by atoms with Crippen molar-refractivity contribution in [1.29, 1.82) is 0 Å². The molecule has 0 aromatic carbocycles. The Balaban J connectivity index is 1.81. The molecule has 0 spiro atoms. The Kier molecular flexibility index (Phi) is 4.48. The normalized spacial score (nSPS) is 25.9. The number of nitrogens with two attached hydrogens (primary N) is 1. The number of nitrogen functional groups attached to an aromatic ring is 1. The number of rotatable bonds is 4. The molecule has 1 saturated heterocycles. The molecule has 4 atom stereocenters. The first-order valence-electron chi connectivity index (χ1n) is 7.23. The van der Waals surface area contributed by atoms with E-state index in [1.54, 1.807) is 0 Å². The molecule has 4 unspecified atom stereocenters. The average molecular weight is 352 g/mol. The quantitative estimate of drug-likeness (QED) is 0.424. The van der Waals surface area contributed by atoms with Gasteiger partial charge in [0, 0.05) is 0 Å². The van der Waals surface area contributed by atoms with Crippen LogP contribution in [0.2, 0.25) is 0 Å². The van der Waals surface area contributed by atoms with E-state index in [2.05, 4.69) is 25.0 Å². The van der Waals surface area contributed by atoms with E-state index in [9.17, 15) is 19.8 Å². The van der Waals surface area contributed by atoms with Crippen LogP contribution in [0.4, 0.5) is 5.82 Å². The Morgan fingerprint density at radius 2 is 2.12 bits per heavy atom. The number of hydrogen-bond acceptors (Lipinski definition) is 10. The highest BCUT2D eigenvalue weighted by molar-refractivity contribution is 5.86. The molecule has 3 heterocycles. The molecule has 2 aromatic rings. The minimum atomic E-state index is -1.51. The van der Waals surface area contributed by atoms with Gasteiger partial charge in [0.2, 0.25) is 0 Å². The van der Waals surface area contributed by atoms with E-state index in [0.717, 1.165) is 0 Å². The SMILES string of the molecule is COC(=O)CNC(=O)C1OC(n2cnc3c(N)ncnc32)C(O)C1O. The van der Waals surface area contributed by atoms with Gasteiger partial charge in [-0.1, -0.05) is 0 Å². The van der Waals surface area contributed by atoms with Gasteiger partial charge in [-0.15, -0.1) is 0 Å². The van der Waals surface area contributed by atoms with Gasteiger partial charge in [0.25, 0.3) is 5.91 Å². The fraction of sp³-hybridized carbons (Fsp3) is 0.462. The molecule has 0 aliphatic carbocycles. The Morgan fingerprint density at radius 3 is 2.84 bits per heavy atom. The molecule has 2 aromatic heterocycles. The molecule has 25 heavy (non-hydrogen) atoms. The Hall–Kier alpha value is -2.83. The number of nitrogens with one attached hydrogen (secondary N) is 1. The van der Waals surface area contributed by atoms with Gasteiger partial charge in [0.05, 0.1) is 13.4 Å². The third-order valence-electron chi connectivity index (χ3n) is 3.79. The van der Waals surface area contributed by atoms with Gasteiger partial charge < -0.3 is 30.7 Å². The summed E-state index contributed by atoms with van der Waals surface area (Å²) in [7, 11) is 1.17. The number of aliphatic hydroxyl groups is 2. The van der Waals surface area contributed by atoms with E-state index in [4.69, 9.17) is 10.5 Å². The minimum absolute atomic E-state index is 0.143. The predicted octanol–water partition coefficient (Wildman–Crippen LogP) is -2.68. The molecule has 1 amide bonds. The van der Waals surface area contributed by atoms with E-state index in [1.165, 1.54) is 24.3 Å². The third-order valence-corrected chi connectivity index (χ3v) is 3.79. The van der Waals surface area contributed by atoms with Gasteiger partial charge in [-0.25, -0.2) is 15.0 Å². The van der Waals surface area contributed by atoms with E-state index >= 15 is 0 Å². The van der Waals surface area contributed by atoms with Crippen LogP contribution < -0.4 is 11.1 Å². The number of anilines is 1. The lowest BCUT2D eigenvalue weighted by Gasteiger charge is -2.16. The molecule has 1 aliphatic rings. The second-order valence-corrected chi connectivity index (χ2v) is 5.31. The number of esters is 1. The van der Waals surface area contributed by atoms with Crippen molar-refractivity contribution >= 4 is 28.9 Å². The number of fused-ring (bicyclic) bond motifs is 1. The van der Waals surface area contributed by atoms with Crippen LogP contribution in [-0.4, -0.2) is 73.6 Å². The minimum Gasteiger partial charge on any atom is -0.468 e. The maximum atomic E-state index is 12.1. The summed E-state index contributed by atoms with van der Waals surface area (Å²) in [6.07, 6.45) is -2.93. The number of carbonyl (C=O) groups excluding carboxylic acids is 2. The van der Waals surface area contributed by atoms with Gasteiger partial charge in [-0.2, -0.15) is 0 Å². The molecule has 0 radical (unpaired) electrons. The first-order valence-corrected chi connectivity index (χ1v) is 7.23. The largest absolute Gasteiger partial charge is 0.468 e. The molecule has 1 fully saturated rings. The van der Waals surface area contributed by atoms with Gasteiger partial charge in [0.15, 0.2) is 23.8 Å². The highest BCUT2D eigenvalue weighted by Crippen LogP contribution is 2.31. The summed E-state index contributed by atoms with van der Waals surface area (Å²) in [6, 6.07) is 0. The van der Waals surface area contributed by atoms with Gasteiger partial charge >= 0.3 is 5.97 Å². The number of aromatic nitrogens is 4. The summed E-state index contributed by atoms with van der Waals surface area (Å²) in [5.74, 6) is -1.28. The molecular formula is C13H16N6O6. The number of methoxy groups -OCH3 is 1. The zero-order valence-electron chi connectivity index (χ0n) is 13.1. The summed E-state index contributed by atoms with van der Waals surface area (Å²) < 4.78 is 11.2. The summed E-state index contributed by atoms with van der Waals surface area (Å²) in [4.78, 5) is 35.0. The molecule has 134 valence electrons. The monoisotopic (exact) mass is 352 g/mol. The Morgan fingerprint density at radius 1 is 1.36 bits per heavy atom. The van der Waals surface area contributed by atoms with Crippen LogP contribution in [0.3, 0.4) is 0 Å². The number of aliphatic hydroxyl groups excluding tert-OH is 2. The highest BCUT2D eigenvalue weighted by atomic mass is 16.6. The van der Waals surface area contributed by atoms with Crippen molar-refractivity contribution in [2.75, 3.05) is 19.4 Å². The fourth-order valence-electron chi connectivity index (χ4n) is 2.49. The van der Waals surface area contributed by atoms with E-state index in [1.807, 2.05) is 0 Å². The third kappa shape index (κ3) is 2.97. The van der Waals surface area contributed by atoms with Crippen LogP contribution >= 0.6 is 0 Å². The average Bonchev–Trinajstić information content (AvgIpc) is 3.15. The molecule has 0 saturated carbocycles. The maximum Gasteiger partial charge on any atom is 0.325 e. The number of ether oxygens (including phenoxy) is 2. The second-order valence-electron chi connectivity index (χ2n) is 5.31. The lowest BCUT2D eigenvalue weighted by atomic mass is 10.1. The first kappa shape index (κ1) is 17.0. The highest BCUT2D eigenvalue weighted by Gasteiger charge is 2.47. The van der Waals surface area contributed by atoms with E-state index < -0.39 is 36.4 Å². The Bertz CT molecular complexity index is 809. The van der Waals surface area contributed by atoms with Crippen molar-refractivity contribution in [3.05, 3.63) is 12.7 Å². The lowest BCUT2D eigenvalue weighted by molar-refractivity contribution is -0.144. The summed E-state index contributed by atoms with van der Waals surface area (Å²) in [6.45, 7) is -0.388. The lowest BCUT2D eigenvalue weighted by Crippen LogP contribution is -2.44. The smallest absolute Gasteiger partial charge is 0.325 e. The number of amides is 1. The zero-order valence-corrected chi connectivity index (χ0v) is 13.1. The topological polar surface area (TPSA) is 175 Å². The predicted molar refractivity (Wildman–Crippen MR) is 80.7 cm³/mol. The Labute approximate surface area is 140 Å². The molecular weight excluding hydrogens is 336 g/mol. The standard InChI is InChI=1S/C13H16N6O6/c1-24-5(20)2-15-12(23)9-7(21)8(22)13(25-9)19-4-18-6-10(14)16-3-17-11(6)19/h3-4,7-9,13,21-22H,2H2,1H3,(H,15,23)(H2,14,16,17). The van der Waals surface area contributed by atoms with Crippen LogP contribution in [0, 0.1) is 0 Å². The van der Waals surface area contributed by atoms with Gasteiger partial charge in [-0.3, -0.25) is 14.2 Å².